The Morgan fingerprint density at radius 3 is 2.79 bits per heavy atom. The first-order valence-electron chi connectivity index (χ1n) is 11.3. The lowest BCUT2D eigenvalue weighted by Gasteiger charge is -2.16. The molecule has 0 fully saturated rings. The van der Waals surface area contributed by atoms with Crippen LogP contribution in [0.5, 0.6) is 5.75 Å². The van der Waals surface area contributed by atoms with Crippen molar-refractivity contribution in [3.63, 3.8) is 0 Å². The molecule has 1 aliphatic carbocycles. The topological polar surface area (TPSA) is 73.2 Å². The Hall–Kier alpha value is -3.06. The van der Waals surface area contributed by atoms with Crippen LogP contribution in [0.2, 0.25) is 0 Å². The number of para-hydroxylation sites is 2. The van der Waals surface area contributed by atoms with Crippen LogP contribution in [0.3, 0.4) is 0 Å². The minimum absolute atomic E-state index is 0.0473. The van der Waals surface area contributed by atoms with E-state index in [-0.39, 0.29) is 17.2 Å². The second kappa shape index (κ2) is 11.2. The number of thioether (sulfide) groups is 1. The highest BCUT2D eigenvalue weighted by atomic mass is 32.2. The van der Waals surface area contributed by atoms with E-state index >= 15 is 0 Å². The Kier molecular flexibility index (Phi) is 7.83. The van der Waals surface area contributed by atoms with Crippen molar-refractivity contribution in [2.45, 2.75) is 50.4 Å². The Balaban J connectivity index is 1.47. The molecule has 1 heterocycles. The van der Waals surface area contributed by atoms with Crippen LogP contribution in [0.15, 0.2) is 70.1 Å². The normalized spacial score (nSPS) is 13.5. The van der Waals surface area contributed by atoms with E-state index in [0.717, 1.165) is 30.6 Å². The van der Waals surface area contributed by atoms with Crippen LogP contribution < -0.4 is 15.6 Å². The highest BCUT2D eigenvalue weighted by Crippen LogP contribution is 2.23. The van der Waals surface area contributed by atoms with Crippen molar-refractivity contribution < 1.29 is 9.53 Å². The van der Waals surface area contributed by atoms with E-state index < -0.39 is 0 Å². The van der Waals surface area contributed by atoms with E-state index in [1.807, 2.05) is 48.5 Å². The van der Waals surface area contributed by atoms with Gasteiger partial charge in [0.2, 0.25) is 5.91 Å². The molecule has 0 aliphatic heterocycles. The summed E-state index contributed by atoms with van der Waals surface area (Å²) in [5.74, 6) is 0.810. The predicted molar refractivity (Wildman–Crippen MR) is 133 cm³/mol. The van der Waals surface area contributed by atoms with Gasteiger partial charge in [-0.2, -0.15) is 0 Å². The van der Waals surface area contributed by atoms with Crippen LogP contribution in [-0.2, 0) is 17.9 Å². The average molecular weight is 464 g/mol. The third kappa shape index (κ3) is 5.85. The van der Waals surface area contributed by atoms with Crippen LogP contribution in [0.4, 0.5) is 0 Å². The number of carbonyl (C=O) groups is 1. The summed E-state index contributed by atoms with van der Waals surface area (Å²) in [7, 11) is 1.62. The minimum Gasteiger partial charge on any atom is -0.496 e. The van der Waals surface area contributed by atoms with Gasteiger partial charge in [0.15, 0.2) is 5.16 Å². The monoisotopic (exact) mass is 463 g/mol. The number of hydrogen-bond acceptors (Lipinski definition) is 5. The summed E-state index contributed by atoms with van der Waals surface area (Å²) in [4.78, 5) is 30.5. The number of hydrogen-bond donors (Lipinski definition) is 1. The number of allylic oxidation sites excluding steroid dienone is 2. The molecule has 6 nitrogen and oxygen atoms in total. The van der Waals surface area contributed by atoms with E-state index in [2.05, 4.69) is 11.4 Å². The van der Waals surface area contributed by atoms with Gasteiger partial charge >= 0.3 is 0 Å². The fourth-order valence-electron chi connectivity index (χ4n) is 4.07. The molecule has 1 amide bonds. The summed E-state index contributed by atoms with van der Waals surface area (Å²) in [6, 6.07) is 15.0. The number of nitrogens with zero attached hydrogens (tertiary/aromatic N) is 2. The highest BCUT2D eigenvalue weighted by Gasteiger charge is 2.14. The zero-order chi connectivity index (χ0) is 23.0. The summed E-state index contributed by atoms with van der Waals surface area (Å²) in [5.41, 5.74) is 2.94. The van der Waals surface area contributed by atoms with E-state index in [0.29, 0.717) is 29.1 Å². The van der Waals surface area contributed by atoms with Gasteiger partial charge in [0.25, 0.3) is 5.56 Å². The third-order valence-electron chi connectivity index (χ3n) is 5.87. The van der Waals surface area contributed by atoms with Gasteiger partial charge in [-0.1, -0.05) is 53.7 Å². The molecule has 4 rings (SSSR count). The van der Waals surface area contributed by atoms with Gasteiger partial charge in [-0.05, 0) is 50.3 Å². The zero-order valence-electron chi connectivity index (χ0n) is 18.9. The summed E-state index contributed by atoms with van der Waals surface area (Å²) >= 11 is 1.30. The lowest BCUT2D eigenvalue weighted by atomic mass is 9.97. The number of amides is 1. The van der Waals surface area contributed by atoms with E-state index in [9.17, 15) is 9.59 Å². The SMILES string of the molecule is COc1ccccc1CNC(=O)CSc1nc2ccccc2c(=O)n1CCC1=CCCCC1. The lowest BCUT2D eigenvalue weighted by Crippen LogP contribution is -2.27. The molecule has 0 saturated heterocycles. The number of aromatic nitrogens is 2. The van der Waals surface area contributed by atoms with Gasteiger partial charge in [0.1, 0.15) is 5.75 Å². The molecule has 0 unspecified atom stereocenters. The number of nitrogens with one attached hydrogen (secondary N) is 1. The van der Waals surface area contributed by atoms with E-state index in [4.69, 9.17) is 9.72 Å². The standard InChI is InChI=1S/C26H29N3O3S/c1-32-23-14-8-5-11-20(23)17-27-24(30)18-33-26-28-22-13-7-6-12-21(22)25(31)29(26)16-15-19-9-3-2-4-10-19/h5-9,11-14H,2-4,10,15-18H2,1H3,(H,27,30). The first-order chi connectivity index (χ1) is 16.2. The molecule has 33 heavy (non-hydrogen) atoms. The zero-order valence-corrected chi connectivity index (χ0v) is 19.7. The molecule has 0 saturated carbocycles. The molecule has 2 aromatic carbocycles. The lowest BCUT2D eigenvalue weighted by molar-refractivity contribution is -0.118. The van der Waals surface area contributed by atoms with Crippen molar-refractivity contribution in [3.05, 3.63) is 76.1 Å². The molecule has 0 atom stereocenters. The second-order valence-corrected chi connectivity index (χ2v) is 9.05. The Labute approximate surface area is 198 Å². The molecule has 0 spiro atoms. The van der Waals surface area contributed by atoms with Gasteiger partial charge < -0.3 is 10.1 Å². The molecule has 1 aliphatic rings. The number of fused-ring (bicyclic) bond motifs is 1. The van der Waals surface area contributed by atoms with Crippen LogP contribution in [0, 0.1) is 0 Å². The summed E-state index contributed by atoms with van der Waals surface area (Å²) in [6.07, 6.45) is 7.82. The van der Waals surface area contributed by atoms with Crippen molar-refractivity contribution in [3.8, 4) is 5.75 Å². The Bertz CT molecular complexity index is 1220. The van der Waals surface area contributed by atoms with Crippen LogP contribution >= 0.6 is 11.8 Å². The fourth-order valence-corrected chi connectivity index (χ4v) is 4.92. The number of benzene rings is 2. The van der Waals surface area contributed by atoms with Gasteiger partial charge in [0, 0.05) is 18.7 Å². The van der Waals surface area contributed by atoms with Gasteiger partial charge in [-0.25, -0.2) is 4.98 Å². The molecule has 1 N–H and O–H groups in total. The first-order valence-corrected chi connectivity index (χ1v) is 12.3. The largest absolute Gasteiger partial charge is 0.496 e. The van der Waals surface area contributed by atoms with Crippen LogP contribution in [0.25, 0.3) is 10.9 Å². The minimum atomic E-state index is -0.116. The predicted octanol–water partition coefficient (Wildman–Crippen LogP) is 4.70. The molecular formula is C26H29N3O3S. The molecular weight excluding hydrogens is 434 g/mol. The second-order valence-electron chi connectivity index (χ2n) is 8.10. The van der Waals surface area contributed by atoms with Gasteiger partial charge in [-0.3, -0.25) is 14.2 Å². The van der Waals surface area contributed by atoms with Crippen LogP contribution in [-0.4, -0.2) is 28.3 Å². The summed E-state index contributed by atoms with van der Waals surface area (Å²) < 4.78 is 7.08. The molecule has 7 heteroatoms. The Morgan fingerprint density at radius 1 is 1.15 bits per heavy atom. The number of ether oxygens (including phenoxy) is 1. The van der Waals surface area contributed by atoms with Crippen molar-refractivity contribution in [1.82, 2.24) is 14.9 Å². The summed E-state index contributed by atoms with van der Waals surface area (Å²) in [5, 5.41) is 4.13. The summed E-state index contributed by atoms with van der Waals surface area (Å²) in [6.45, 7) is 0.961. The third-order valence-corrected chi connectivity index (χ3v) is 6.85. The maximum atomic E-state index is 13.2. The van der Waals surface area contributed by atoms with Crippen LogP contribution in [0.1, 0.15) is 37.7 Å². The van der Waals surface area contributed by atoms with Gasteiger partial charge in [0.05, 0.1) is 23.8 Å². The van der Waals surface area contributed by atoms with E-state index in [1.165, 1.54) is 30.2 Å². The van der Waals surface area contributed by atoms with Crippen molar-refractivity contribution in [2.24, 2.45) is 0 Å². The smallest absolute Gasteiger partial charge is 0.262 e. The first kappa shape index (κ1) is 23.1. The number of carbonyl (C=O) groups excluding carboxylic acids is 1. The molecule has 1 aromatic heterocycles. The molecule has 172 valence electrons. The molecule has 0 radical (unpaired) electrons. The van der Waals surface area contributed by atoms with E-state index in [1.54, 1.807) is 11.7 Å². The fraction of sp³-hybridized carbons (Fsp3) is 0.346. The van der Waals surface area contributed by atoms with Crippen molar-refractivity contribution in [1.29, 1.82) is 0 Å². The highest BCUT2D eigenvalue weighted by molar-refractivity contribution is 7.99. The Morgan fingerprint density at radius 2 is 1.97 bits per heavy atom. The van der Waals surface area contributed by atoms with Gasteiger partial charge in [-0.15, -0.1) is 0 Å². The van der Waals surface area contributed by atoms with Crippen molar-refractivity contribution in [2.75, 3.05) is 12.9 Å². The number of methoxy groups -OCH3 is 1. The maximum Gasteiger partial charge on any atom is 0.262 e. The average Bonchev–Trinajstić information content (AvgIpc) is 2.86. The quantitative estimate of drug-likeness (QED) is 0.283. The maximum absolute atomic E-state index is 13.2. The van der Waals surface area contributed by atoms with Crippen molar-refractivity contribution >= 4 is 28.6 Å². The molecule has 0 bridgehead atoms. The molecule has 3 aromatic rings. The number of rotatable bonds is 9.